The molecule has 1 heterocycles. The Labute approximate surface area is 123 Å². The molecule has 1 saturated heterocycles. The molecule has 2 rings (SSSR count). The lowest BCUT2D eigenvalue weighted by atomic mass is 9.81. The van der Waals surface area contributed by atoms with Crippen LogP contribution in [-0.2, 0) is 0 Å². The number of carbonyl (C=O) groups excluding carboxylic acids is 1. The van der Waals surface area contributed by atoms with Crippen LogP contribution in [0, 0.1) is 11.3 Å². The van der Waals surface area contributed by atoms with Gasteiger partial charge in [-0.2, -0.15) is 0 Å². The van der Waals surface area contributed by atoms with E-state index in [9.17, 15) is 4.79 Å². The van der Waals surface area contributed by atoms with E-state index < -0.39 is 0 Å². The molecule has 2 heteroatoms. The van der Waals surface area contributed by atoms with Gasteiger partial charge in [-0.25, -0.2) is 0 Å². The van der Waals surface area contributed by atoms with Crippen molar-refractivity contribution in [3.05, 3.63) is 35.9 Å². The number of rotatable bonds is 4. The SMILES string of the molecule is CC1CCCN(CC(C)(C)C(=O)c2ccccc2)C1C. The maximum Gasteiger partial charge on any atom is 0.169 e. The summed E-state index contributed by atoms with van der Waals surface area (Å²) < 4.78 is 0. The van der Waals surface area contributed by atoms with Crippen molar-refractivity contribution in [1.82, 2.24) is 4.90 Å². The van der Waals surface area contributed by atoms with Gasteiger partial charge in [-0.05, 0) is 32.2 Å². The normalized spacial score (nSPS) is 24.6. The molecule has 2 atom stereocenters. The van der Waals surface area contributed by atoms with E-state index in [2.05, 4.69) is 32.6 Å². The van der Waals surface area contributed by atoms with Crippen molar-refractivity contribution >= 4 is 5.78 Å². The Bertz CT molecular complexity index is 452. The minimum absolute atomic E-state index is 0.253. The summed E-state index contributed by atoms with van der Waals surface area (Å²) in [5.74, 6) is 0.981. The molecule has 0 saturated carbocycles. The molecule has 0 aliphatic carbocycles. The first-order chi connectivity index (χ1) is 9.42. The predicted molar refractivity (Wildman–Crippen MR) is 84.0 cm³/mol. The van der Waals surface area contributed by atoms with Gasteiger partial charge >= 0.3 is 0 Å². The first-order valence-electron chi connectivity index (χ1n) is 7.76. The largest absolute Gasteiger partial charge is 0.299 e. The van der Waals surface area contributed by atoms with Gasteiger partial charge in [0.25, 0.3) is 0 Å². The summed E-state index contributed by atoms with van der Waals surface area (Å²) in [5.41, 5.74) is 0.502. The number of nitrogens with zero attached hydrogens (tertiary/aromatic N) is 1. The molecule has 2 nitrogen and oxygen atoms in total. The number of hydrogen-bond acceptors (Lipinski definition) is 2. The van der Waals surface area contributed by atoms with Crippen LogP contribution in [0.4, 0.5) is 0 Å². The summed E-state index contributed by atoms with van der Waals surface area (Å²) >= 11 is 0. The molecule has 2 unspecified atom stereocenters. The summed E-state index contributed by atoms with van der Waals surface area (Å²) in [6, 6.07) is 10.3. The predicted octanol–water partition coefficient (Wildman–Crippen LogP) is 4.02. The second-order valence-corrected chi connectivity index (χ2v) is 6.91. The fraction of sp³-hybridized carbons (Fsp3) is 0.611. The molecular formula is C18H27NO. The second-order valence-electron chi connectivity index (χ2n) is 6.91. The highest BCUT2D eigenvalue weighted by atomic mass is 16.1. The minimum Gasteiger partial charge on any atom is -0.299 e. The Morgan fingerprint density at radius 2 is 1.90 bits per heavy atom. The quantitative estimate of drug-likeness (QED) is 0.772. The zero-order chi connectivity index (χ0) is 14.8. The maximum absolute atomic E-state index is 12.7. The van der Waals surface area contributed by atoms with Crippen LogP contribution in [-0.4, -0.2) is 29.8 Å². The minimum atomic E-state index is -0.327. The molecule has 20 heavy (non-hydrogen) atoms. The average molecular weight is 273 g/mol. The first-order valence-corrected chi connectivity index (χ1v) is 7.76. The van der Waals surface area contributed by atoms with Gasteiger partial charge in [0.05, 0.1) is 0 Å². The molecule has 1 aliphatic rings. The number of piperidine rings is 1. The van der Waals surface area contributed by atoms with Gasteiger partial charge in [-0.15, -0.1) is 0 Å². The number of ketones is 1. The van der Waals surface area contributed by atoms with Gasteiger partial charge < -0.3 is 0 Å². The number of likely N-dealkylation sites (tertiary alicyclic amines) is 1. The van der Waals surface area contributed by atoms with Gasteiger partial charge in [-0.1, -0.05) is 51.1 Å². The summed E-state index contributed by atoms with van der Waals surface area (Å²) in [6.07, 6.45) is 2.56. The van der Waals surface area contributed by atoms with Crippen LogP contribution in [0.15, 0.2) is 30.3 Å². The summed E-state index contributed by atoms with van der Waals surface area (Å²) in [6.45, 7) is 10.8. The molecule has 0 bridgehead atoms. The van der Waals surface area contributed by atoms with Gasteiger partial charge in [0.1, 0.15) is 0 Å². The molecule has 1 aliphatic heterocycles. The molecule has 1 aromatic carbocycles. The van der Waals surface area contributed by atoms with E-state index in [0.29, 0.717) is 6.04 Å². The highest BCUT2D eigenvalue weighted by Gasteiger charge is 2.34. The highest BCUT2D eigenvalue weighted by Crippen LogP contribution is 2.29. The Hall–Kier alpha value is -1.15. The van der Waals surface area contributed by atoms with Gasteiger partial charge in [0.2, 0.25) is 0 Å². The van der Waals surface area contributed by atoms with Crippen molar-refractivity contribution in [2.75, 3.05) is 13.1 Å². The van der Waals surface area contributed by atoms with Crippen LogP contribution in [0.25, 0.3) is 0 Å². The lowest BCUT2D eigenvalue weighted by Gasteiger charge is -2.41. The standard InChI is InChI=1S/C18H27NO/c1-14-9-8-12-19(15(14)2)13-18(3,4)17(20)16-10-6-5-7-11-16/h5-7,10-11,14-15H,8-9,12-13H2,1-4H3. The molecule has 0 radical (unpaired) electrons. The van der Waals surface area contributed by atoms with Gasteiger partial charge in [-0.3, -0.25) is 9.69 Å². The third-order valence-corrected chi connectivity index (χ3v) is 4.75. The zero-order valence-electron chi connectivity index (χ0n) is 13.2. The monoisotopic (exact) mass is 273 g/mol. The Kier molecular flexibility index (Phi) is 4.64. The van der Waals surface area contributed by atoms with E-state index in [1.54, 1.807) is 0 Å². The van der Waals surface area contributed by atoms with Gasteiger partial charge in [0.15, 0.2) is 5.78 Å². The van der Waals surface area contributed by atoms with Gasteiger partial charge in [0, 0.05) is 23.6 Å². The molecule has 1 fully saturated rings. The molecule has 0 N–H and O–H groups in total. The maximum atomic E-state index is 12.7. The molecule has 0 spiro atoms. The molecule has 110 valence electrons. The molecule has 1 aromatic rings. The second kappa shape index (κ2) is 6.09. The van der Waals surface area contributed by atoms with Crippen LogP contribution in [0.5, 0.6) is 0 Å². The van der Waals surface area contributed by atoms with E-state index in [4.69, 9.17) is 0 Å². The summed E-state index contributed by atoms with van der Waals surface area (Å²) in [7, 11) is 0. The van der Waals surface area contributed by atoms with Crippen LogP contribution >= 0.6 is 0 Å². The van der Waals surface area contributed by atoms with Crippen molar-refractivity contribution in [2.45, 2.75) is 46.6 Å². The van der Waals surface area contributed by atoms with Crippen molar-refractivity contribution in [1.29, 1.82) is 0 Å². The van der Waals surface area contributed by atoms with Crippen LogP contribution < -0.4 is 0 Å². The molecule has 0 amide bonds. The summed E-state index contributed by atoms with van der Waals surface area (Å²) in [4.78, 5) is 15.2. The molecule has 0 aromatic heterocycles. The lowest BCUT2D eigenvalue weighted by Crippen LogP contribution is -2.48. The van der Waals surface area contributed by atoms with Crippen LogP contribution in [0.3, 0.4) is 0 Å². The van der Waals surface area contributed by atoms with Crippen molar-refractivity contribution < 1.29 is 4.79 Å². The number of benzene rings is 1. The smallest absolute Gasteiger partial charge is 0.169 e. The Morgan fingerprint density at radius 1 is 1.25 bits per heavy atom. The van der Waals surface area contributed by atoms with E-state index in [0.717, 1.165) is 24.6 Å². The van der Waals surface area contributed by atoms with E-state index in [1.807, 2.05) is 30.3 Å². The average Bonchev–Trinajstić information content (AvgIpc) is 2.44. The van der Waals surface area contributed by atoms with E-state index in [-0.39, 0.29) is 11.2 Å². The first kappa shape index (κ1) is 15.2. The fourth-order valence-corrected chi connectivity index (χ4v) is 3.20. The zero-order valence-corrected chi connectivity index (χ0v) is 13.2. The third-order valence-electron chi connectivity index (χ3n) is 4.75. The van der Waals surface area contributed by atoms with E-state index in [1.165, 1.54) is 12.8 Å². The lowest BCUT2D eigenvalue weighted by molar-refractivity contribution is 0.0560. The third kappa shape index (κ3) is 3.29. The number of hydrogen-bond donors (Lipinski definition) is 0. The Balaban J connectivity index is 2.08. The topological polar surface area (TPSA) is 20.3 Å². The van der Waals surface area contributed by atoms with Crippen LogP contribution in [0.2, 0.25) is 0 Å². The number of Topliss-reactive ketones (excluding diaryl/α,β-unsaturated/α-hetero) is 1. The fourth-order valence-electron chi connectivity index (χ4n) is 3.20. The van der Waals surface area contributed by atoms with Crippen molar-refractivity contribution in [3.63, 3.8) is 0 Å². The molecular weight excluding hydrogens is 246 g/mol. The summed E-state index contributed by atoms with van der Waals surface area (Å²) in [5, 5.41) is 0. The van der Waals surface area contributed by atoms with E-state index >= 15 is 0 Å². The van der Waals surface area contributed by atoms with Crippen molar-refractivity contribution in [3.8, 4) is 0 Å². The van der Waals surface area contributed by atoms with Crippen molar-refractivity contribution in [2.24, 2.45) is 11.3 Å². The Morgan fingerprint density at radius 3 is 2.55 bits per heavy atom. The van der Waals surface area contributed by atoms with Crippen LogP contribution in [0.1, 0.15) is 50.9 Å². The highest BCUT2D eigenvalue weighted by molar-refractivity contribution is 6.00. The number of carbonyl (C=O) groups is 1.